The Balaban J connectivity index is 2.14. The van der Waals surface area contributed by atoms with Crippen molar-refractivity contribution < 1.29 is 9.84 Å². The van der Waals surface area contributed by atoms with Crippen LogP contribution < -0.4 is 0 Å². The predicted octanol–water partition coefficient (Wildman–Crippen LogP) is 2.60. The van der Waals surface area contributed by atoms with Gasteiger partial charge in [0.05, 0.1) is 12.7 Å². The second-order valence-corrected chi connectivity index (χ2v) is 5.74. The van der Waals surface area contributed by atoms with Crippen molar-refractivity contribution in [3.8, 4) is 0 Å². The molecule has 0 bridgehead atoms. The summed E-state index contributed by atoms with van der Waals surface area (Å²) in [6.07, 6.45) is 0.987. The lowest BCUT2D eigenvalue weighted by Gasteiger charge is -2.24. The van der Waals surface area contributed by atoms with Crippen LogP contribution in [0.3, 0.4) is 0 Å². The molecule has 1 saturated heterocycles. The zero-order valence-corrected chi connectivity index (χ0v) is 12.2. The molecule has 0 aromatic heterocycles. The Hall–Kier alpha value is -0.900. The van der Waals surface area contributed by atoms with Crippen molar-refractivity contribution >= 4 is 0 Å². The average Bonchev–Trinajstić information content (AvgIpc) is 2.81. The van der Waals surface area contributed by atoms with Crippen LogP contribution in [-0.4, -0.2) is 35.8 Å². The third-order valence-corrected chi connectivity index (χ3v) is 3.57. The topological polar surface area (TPSA) is 32.7 Å². The fraction of sp³-hybridized carbons (Fsp3) is 0.625. The van der Waals surface area contributed by atoms with Crippen molar-refractivity contribution in [3.63, 3.8) is 0 Å². The Morgan fingerprint density at radius 1 is 1.32 bits per heavy atom. The number of benzene rings is 1. The summed E-state index contributed by atoms with van der Waals surface area (Å²) in [6, 6.07) is 8.63. The minimum Gasteiger partial charge on any atom is -0.394 e. The molecule has 0 spiro atoms. The number of hydrogen-bond donors (Lipinski definition) is 1. The van der Waals surface area contributed by atoms with Crippen molar-refractivity contribution in [1.29, 1.82) is 0 Å². The van der Waals surface area contributed by atoms with Gasteiger partial charge >= 0.3 is 0 Å². The van der Waals surface area contributed by atoms with Gasteiger partial charge in [-0.2, -0.15) is 0 Å². The second kappa shape index (κ2) is 6.51. The molecule has 2 unspecified atom stereocenters. The maximum absolute atomic E-state index is 9.31. The van der Waals surface area contributed by atoms with Crippen LogP contribution in [0.15, 0.2) is 24.3 Å². The number of aliphatic hydroxyl groups is 1. The zero-order valence-electron chi connectivity index (χ0n) is 12.2. The van der Waals surface area contributed by atoms with Crippen molar-refractivity contribution in [1.82, 2.24) is 4.90 Å². The summed E-state index contributed by atoms with van der Waals surface area (Å²) in [5.74, 6) is 0.596. The second-order valence-electron chi connectivity index (χ2n) is 5.74. The van der Waals surface area contributed by atoms with Crippen LogP contribution in [0, 0.1) is 5.92 Å². The maximum atomic E-state index is 9.31. The van der Waals surface area contributed by atoms with Crippen LogP contribution in [-0.2, 0) is 11.2 Å². The third kappa shape index (κ3) is 3.56. The summed E-state index contributed by atoms with van der Waals surface area (Å²) in [6.45, 7) is 8.49. The van der Waals surface area contributed by atoms with Crippen LogP contribution >= 0.6 is 0 Å². The van der Waals surface area contributed by atoms with Crippen molar-refractivity contribution in [2.45, 2.75) is 39.5 Å². The van der Waals surface area contributed by atoms with E-state index in [1.54, 1.807) is 0 Å². The number of hydrogen-bond acceptors (Lipinski definition) is 3. The summed E-state index contributed by atoms with van der Waals surface area (Å²) < 4.78 is 5.96. The van der Waals surface area contributed by atoms with Gasteiger partial charge in [0, 0.05) is 13.1 Å². The molecule has 106 valence electrons. The standard InChI is InChI=1S/C16H25NO2/c1-4-13-5-7-14(8-6-13)16-17(9-12(2)3)10-15(11-18)19-16/h5-8,12,15-16,18H,4,9-11H2,1-3H3. The van der Waals surface area contributed by atoms with Gasteiger partial charge in [0.2, 0.25) is 0 Å². The largest absolute Gasteiger partial charge is 0.394 e. The number of ether oxygens (including phenoxy) is 1. The monoisotopic (exact) mass is 263 g/mol. The summed E-state index contributed by atoms with van der Waals surface area (Å²) >= 11 is 0. The number of aryl methyl sites for hydroxylation is 1. The summed E-state index contributed by atoms with van der Waals surface area (Å²) in [4.78, 5) is 2.33. The number of nitrogens with zero attached hydrogens (tertiary/aromatic N) is 1. The fourth-order valence-corrected chi connectivity index (χ4v) is 2.62. The molecule has 1 aliphatic heterocycles. The molecule has 1 aromatic carbocycles. The summed E-state index contributed by atoms with van der Waals surface area (Å²) in [7, 11) is 0. The quantitative estimate of drug-likeness (QED) is 0.886. The van der Waals surface area contributed by atoms with E-state index >= 15 is 0 Å². The molecule has 3 heteroatoms. The van der Waals surface area contributed by atoms with Crippen LogP contribution in [0.5, 0.6) is 0 Å². The molecule has 19 heavy (non-hydrogen) atoms. The first-order valence-corrected chi connectivity index (χ1v) is 7.23. The van der Waals surface area contributed by atoms with E-state index in [4.69, 9.17) is 4.74 Å². The third-order valence-electron chi connectivity index (χ3n) is 3.57. The predicted molar refractivity (Wildman–Crippen MR) is 76.9 cm³/mol. The first-order valence-electron chi connectivity index (χ1n) is 7.23. The van der Waals surface area contributed by atoms with E-state index in [9.17, 15) is 5.11 Å². The fourth-order valence-electron chi connectivity index (χ4n) is 2.62. The number of aliphatic hydroxyl groups excluding tert-OH is 1. The van der Waals surface area contributed by atoms with Gasteiger partial charge in [-0.15, -0.1) is 0 Å². The molecule has 0 amide bonds. The van der Waals surface area contributed by atoms with E-state index in [-0.39, 0.29) is 18.9 Å². The smallest absolute Gasteiger partial charge is 0.137 e. The SMILES string of the molecule is CCc1ccc(C2OC(CO)CN2CC(C)C)cc1. The van der Waals surface area contributed by atoms with Gasteiger partial charge in [0.1, 0.15) is 6.23 Å². The Kier molecular flexibility index (Phi) is 4.97. The van der Waals surface area contributed by atoms with Gasteiger partial charge in [-0.3, -0.25) is 4.90 Å². The zero-order chi connectivity index (χ0) is 13.8. The van der Waals surface area contributed by atoms with Crippen molar-refractivity contribution in [2.75, 3.05) is 19.7 Å². The number of rotatable bonds is 5. The molecule has 1 fully saturated rings. The molecule has 1 heterocycles. The molecule has 0 saturated carbocycles. The lowest BCUT2D eigenvalue weighted by Crippen LogP contribution is -2.29. The van der Waals surface area contributed by atoms with E-state index < -0.39 is 0 Å². The van der Waals surface area contributed by atoms with Gasteiger partial charge in [0.25, 0.3) is 0 Å². The van der Waals surface area contributed by atoms with Gasteiger partial charge in [-0.05, 0) is 23.5 Å². The molecule has 2 rings (SSSR count). The van der Waals surface area contributed by atoms with Gasteiger partial charge in [0.15, 0.2) is 0 Å². The Morgan fingerprint density at radius 3 is 2.53 bits per heavy atom. The van der Waals surface area contributed by atoms with Crippen LogP contribution in [0.2, 0.25) is 0 Å². The van der Waals surface area contributed by atoms with Gasteiger partial charge < -0.3 is 9.84 Å². The minimum absolute atomic E-state index is 0.00884. The highest BCUT2D eigenvalue weighted by Crippen LogP contribution is 2.31. The van der Waals surface area contributed by atoms with Gasteiger partial charge in [-0.1, -0.05) is 45.0 Å². The highest BCUT2D eigenvalue weighted by molar-refractivity contribution is 5.24. The summed E-state index contributed by atoms with van der Waals surface area (Å²) in [5.41, 5.74) is 2.53. The van der Waals surface area contributed by atoms with Crippen LogP contribution in [0.1, 0.15) is 38.1 Å². The molecular formula is C16H25NO2. The summed E-state index contributed by atoms with van der Waals surface area (Å²) in [5, 5.41) is 9.31. The molecular weight excluding hydrogens is 238 g/mol. The molecule has 3 nitrogen and oxygen atoms in total. The Bertz CT molecular complexity index is 388. The molecule has 1 aliphatic rings. The lowest BCUT2D eigenvalue weighted by molar-refractivity contribution is -0.0218. The highest BCUT2D eigenvalue weighted by atomic mass is 16.5. The van der Waals surface area contributed by atoms with Crippen molar-refractivity contribution in [3.05, 3.63) is 35.4 Å². The van der Waals surface area contributed by atoms with Crippen LogP contribution in [0.25, 0.3) is 0 Å². The average molecular weight is 263 g/mol. The molecule has 0 aliphatic carbocycles. The minimum atomic E-state index is -0.0606. The Morgan fingerprint density at radius 2 is 2.00 bits per heavy atom. The first-order chi connectivity index (χ1) is 9.13. The molecule has 2 atom stereocenters. The maximum Gasteiger partial charge on any atom is 0.137 e. The first kappa shape index (κ1) is 14.5. The van der Waals surface area contributed by atoms with E-state index in [2.05, 4.69) is 49.9 Å². The molecule has 0 radical (unpaired) electrons. The highest BCUT2D eigenvalue weighted by Gasteiger charge is 2.33. The van der Waals surface area contributed by atoms with Crippen molar-refractivity contribution in [2.24, 2.45) is 5.92 Å². The van der Waals surface area contributed by atoms with E-state index in [1.807, 2.05) is 0 Å². The molecule has 1 N–H and O–H groups in total. The van der Waals surface area contributed by atoms with Gasteiger partial charge in [-0.25, -0.2) is 0 Å². The molecule has 1 aromatic rings. The van der Waals surface area contributed by atoms with E-state index in [1.165, 1.54) is 11.1 Å². The van der Waals surface area contributed by atoms with Crippen LogP contribution in [0.4, 0.5) is 0 Å². The van der Waals surface area contributed by atoms with E-state index in [0.29, 0.717) is 5.92 Å². The van der Waals surface area contributed by atoms with E-state index in [0.717, 1.165) is 19.5 Å². The normalized spacial score (nSPS) is 24.3. The lowest BCUT2D eigenvalue weighted by atomic mass is 10.1. The Labute approximate surface area is 116 Å².